The van der Waals surface area contributed by atoms with E-state index in [4.69, 9.17) is 5.11 Å². The molecule has 0 bridgehead atoms. The van der Waals surface area contributed by atoms with Gasteiger partial charge in [0.15, 0.2) is 6.61 Å². The highest BCUT2D eigenvalue weighted by molar-refractivity contribution is 5.76. The maximum absolute atomic E-state index is 10.5. The molecule has 0 atom stereocenters. The number of rotatable bonds is 5. The van der Waals surface area contributed by atoms with E-state index in [1.807, 2.05) is 5.48 Å². The van der Waals surface area contributed by atoms with Gasteiger partial charge in [-0.15, -0.1) is 0 Å². The Hall–Kier alpha value is -1.14. The summed E-state index contributed by atoms with van der Waals surface area (Å²) >= 11 is 0. The molecule has 6 heteroatoms. The van der Waals surface area contributed by atoms with Gasteiger partial charge in [-0.05, 0) is 0 Å². The van der Waals surface area contributed by atoms with Crippen molar-refractivity contribution in [1.82, 2.24) is 5.48 Å². The molecule has 0 aliphatic heterocycles. The molecule has 1 amide bonds. The molecule has 0 aromatic rings. The van der Waals surface area contributed by atoms with Crippen LogP contribution in [0.2, 0.25) is 0 Å². The van der Waals surface area contributed by atoms with Gasteiger partial charge in [0, 0.05) is 7.11 Å². The van der Waals surface area contributed by atoms with Gasteiger partial charge in [-0.2, -0.15) is 0 Å². The van der Waals surface area contributed by atoms with Crippen LogP contribution in [0.3, 0.4) is 0 Å². The van der Waals surface area contributed by atoms with Crippen molar-refractivity contribution in [3.8, 4) is 0 Å². The fraction of sp³-hybridized carbons (Fsp3) is 0.600. The van der Waals surface area contributed by atoms with Gasteiger partial charge in [-0.1, -0.05) is 0 Å². The number of aliphatic carboxylic acids is 1. The summed E-state index contributed by atoms with van der Waals surface area (Å²) < 4.78 is 4.42. The lowest BCUT2D eigenvalue weighted by atomic mass is 10.7. The van der Waals surface area contributed by atoms with Gasteiger partial charge in [0.05, 0.1) is 0 Å². The summed E-state index contributed by atoms with van der Waals surface area (Å²) in [4.78, 5) is 24.5. The minimum absolute atomic E-state index is 0.153. The lowest BCUT2D eigenvalue weighted by molar-refractivity contribution is -0.150. The quantitative estimate of drug-likeness (QED) is 0.495. The van der Waals surface area contributed by atoms with Crippen LogP contribution in [-0.4, -0.2) is 37.3 Å². The second-order valence-electron chi connectivity index (χ2n) is 1.64. The fourth-order valence-electron chi connectivity index (χ4n) is 0.339. The molecule has 0 aliphatic carbocycles. The summed E-state index contributed by atoms with van der Waals surface area (Å²) in [6, 6.07) is 0. The number of amides is 1. The van der Waals surface area contributed by atoms with Crippen molar-refractivity contribution < 1.29 is 24.3 Å². The number of ether oxygens (including phenoxy) is 1. The molecule has 0 aliphatic rings. The summed E-state index contributed by atoms with van der Waals surface area (Å²) in [5.41, 5.74) is 1.87. The Bertz CT molecular complexity index is 146. The van der Waals surface area contributed by atoms with Crippen molar-refractivity contribution in [3.63, 3.8) is 0 Å². The van der Waals surface area contributed by atoms with Gasteiger partial charge in [0.2, 0.25) is 0 Å². The van der Waals surface area contributed by atoms with Crippen LogP contribution < -0.4 is 5.48 Å². The number of nitrogens with one attached hydrogen (secondary N) is 1. The molecule has 0 saturated heterocycles. The molecule has 2 N–H and O–H groups in total. The summed E-state index contributed by atoms with van der Waals surface area (Å²) in [6.45, 7) is -0.713. The standard InChI is InChI=1S/C5H9NO5/c1-10-2-4(7)6-11-3-5(8)9/h2-3H2,1H3,(H,6,7)(H,8,9). The molecule has 64 valence electrons. The van der Waals surface area contributed by atoms with Gasteiger partial charge in [-0.25, -0.2) is 10.3 Å². The number of carbonyl (C=O) groups excluding carboxylic acids is 1. The van der Waals surface area contributed by atoms with Crippen LogP contribution in [0.1, 0.15) is 0 Å². The van der Waals surface area contributed by atoms with Crippen LogP contribution in [0.15, 0.2) is 0 Å². The second-order valence-corrected chi connectivity index (χ2v) is 1.64. The van der Waals surface area contributed by atoms with Crippen molar-refractivity contribution in [1.29, 1.82) is 0 Å². The van der Waals surface area contributed by atoms with Gasteiger partial charge < -0.3 is 9.84 Å². The molecule has 11 heavy (non-hydrogen) atoms. The molecular formula is C5H9NO5. The van der Waals surface area contributed by atoms with E-state index < -0.39 is 18.5 Å². The molecule has 0 radical (unpaired) electrons. The topological polar surface area (TPSA) is 84.9 Å². The van der Waals surface area contributed by atoms with E-state index in [2.05, 4.69) is 9.57 Å². The number of hydrogen-bond donors (Lipinski definition) is 2. The first-order valence-corrected chi connectivity index (χ1v) is 2.78. The minimum atomic E-state index is -1.15. The maximum Gasteiger partial charge on any atom is 0.332 e. The Kier molecular flexibility index (Phi) is 5.05. The van der Waals surface area contributed by atoms with Gasteiger partial charge >= 0.3 is 5.97 Å². The maximum atomic E-state index is 10.5. The van der Waals surface area contributed by atoms with E-state index in [1.54, 1.807) is 0 Å². The third-order valence-corrected chi connectivity index (χ3v) is 0.657. The van der Waals surface area contributed by atoms with Crippen molar-refractivity contribution in [2.24, 2.45) is 0 Å². The zero-order chi connectivity index (χ0) is 8.69. The number of methoxy groups -OCH3 is 1. The van der Waals surface area contributed by atoms with Crippen LogP contribution in [0, 0.1) is 0 Å². The third kappa shape index (κ3) is 6.75. The molecule has 0 heterocycles. The van der Waals surface area contributed by atoms with Crippen LogP contribution in [0.4, 0.5) is 0 Å². The Morgan fingerprint density at radius 2 is 2.09 bits per heavy atom. The molecule has 0 unspecified atom stereocenters. The molecule has 0 saturated carbocycles. The average molecular weight is 163 g/mol. The zero-order valence-electron chi connectivity index (χ0n) is 5.99. The zero-order valence-corrected chi connectivity index (χ0v) is 5.99. The normalized spacial score (nSPS) is 9.18. The van der Waals surface area contributed by atoms with E-state index in [-0.39, 0.29) is 6.61 Å². The van der Waals surface area contributed by atoms with Crippen molar-refractivity contribution in [3.05, 3.63) is 0 Å². The SMILES string of the molecule is COCC(=O)NOCC(=O)O. The van der Waals surface area contributed by atoms with Gasteiger partial charge in [0.1, 0.15) is 6.61 Å². The van der Waals surface area contributed by atoms with Crippen molar-refractivity contribution in [2.75, 3.05) is 20.3 Å². The molecule has 0 rings (SSSR count). The highest BCUT2D eigenvalue weighted by atomic mass is 16.7. The van der Waals surface area contributed by atoms with E-state index in [0.29, 0.717) is 0 Å². The van der Waals surface area contributed by atoms with Gasteiger partial charge in [-0.3, -0.25) is 9.63 Å². The van der Waals surface area contributed by atoms with E-state index in [9.17, 15) is 9.59 Å². The van der Waals surface area contributed by atoms with Crippen molar-refractivity contribution in [2.45, 2.75) is 0 Å². The number of hydroxylamine groups is 1. The smallest absolute Gasteiger partial charge is 0.332 e. The van der Waals surface area contributed by atoms with Crippen LogP contribution in [0.5, 0.6) is 0 Å². The summed E-state index contributed by atoms with van der Waals surface area (Å²) in [5, 5.41) is 8.05. The number of carboxylic acids is 1. The van der Waals surface area contributed by atoms with Crippen LogP contribution >= 0.6 is 0 Å². The monoisotopic (exact) mass is 163 g/mol. The Balaban J connectivity index is 3.24. The lowest BCUT2D eigenvalue weighted by Crippen LogP contribution is -2.29. The first-order valence-electron chi connectivity index (χ1n) is 2.78. The highest BCUT2D eigenvalue weighted by Gasteiger charge is 2.00. The number of hydrogen-bond acceptors (Lipinski definition) is 4. The summed E-state index contributed by atoms with van der Waals surface area (Å²) in [5.74, 6) is -1.67. The number of carbonyl (C=O) groups is 2. The third-order valence-electron chi connectivity index (χ3n) is 0.657. The van der Waals surface area contributed by atoms with E-state index in [1.165, 1.54) is 7.11 Å². The largest absolute Gasteiger partial charge is 0.479 e. The van der Waals surface area contributed by atoms with Gasteiger partial charge in [0.25, 0.3) is 5.91 Å². The predicted octanol–water partition coefficient (Wildman–Crippen LogP) is -1.23. The molecular weight excluding hydrogens is 154 g/mol. The molecule has 0 aromatic heterocycles. The second kappa shape index (κ2) is 5.63. The average Bonchev–Trinajstić information content (AvgIpc) is 1.87. The molecule has 6 nitrogen and oxygen atoms in total. The Morgan fingerprint density at radius 1 is 1.45 bits per heavy atom. The Morgan fingerprint density at radius 3 is 2.55 bits per heavy atom. The predicted molar refractivity (Wildman–Crippen MR) is 33.6 cm³/mol. The first-order chi connectivity index (χ1) is 5.16. The number of carboxylic acid groups (broad SMARTS) is 1. The molecule has 0 spiro atoms. The van der Waals surface area contributed by atoms with E-state index in [0.717, 1.165) is 0 Å². The van der Waals surface area contributed by atoms with Crippen molar-refractivity contribution >= 4 is 11.9 Å². The minimum Gasteiger partial charge on any atom is -0.479 e. The lowest BCUT2D eigenvalue weighted by Gasteiger charge is -2.01. The molecule has 0 fully saturated rings. The summed E-state index contributed by atoms with van der Waals surface area (Å²) in [7, 11) is 1.34. The van der Waals surface area contributed by atoms with Crippen LogP contribution in [0.25, 0.3) is 0 Å². The summed E-state index contributed by atoms with van der Waals surface area (Å²) in [6.07, 6.45) is 0. The van der Waals surface area contributed by atoms with Crippen LogP contribution in [-0.2, 0) is 19.2 Å². The first kappa shape index (κ1) is 9.86. The van der Waals surface area contributed by atoms with E-state index >= 15 is 0 Å². The highest BCUT2D eigenvalue weighted by Crippen LogP contribution is 1.71. The molecule has 0 aromatic carbocycles. The fourth-order valence-corrected chi connectivity index (χ4v) is 0.339. The Labute approximate surface area is 63.0 Å².